The Morgan fingerprint density at radius 2 is 2.08 bits per heavy atom. The molecule has 1 saturated heterocycles. The minimum Gasteiger partial charge on any atom is -0.466 e. The lowest BCUT2D eigenvalue weighted by molar-refractivity contribution is -0.192. The maximum Gasteiger partial charge on any atom is 0.306 e. The van der Waals surface area contributed by atoms with Crippen molar-refractivity contribution in [2.75, 3.05) is 13.2 Å². The summed E-state index contributed by atoms with van der Waals surface area (Å²) in [5, 5.41) is 10.7. The van der Waals surface area contributed by atoms with Gasteiger partial charge in [0.15, 0.2) is 6.29 Å². The van der Waals surface area contributed by atoms with E-state index >= 15 is 0 Å². The van der Waals surface area contributed by atoms with E-state index in [0.29, 0.717) is 37.2 Å². The lowest BCUT2D eigenvalue weighted by atomic mass is 9.88. The molecule has 0 aromatic heterocycles. The van der Waals surface area contributed by atoms with Crippen molar-refractivity contribution in [1.82, 2.24) is 0 Å². The smallest absolute Gasteiger partial charge is 0.306 e. The number of carbonyl (C=O) groups is 1. The molecule has 1 saturated carbocycles. The van der Waals surface area contributed by atoms with Crippen molar-refractivity contribution in [2.45, 2.75) is 103 Å². The minimum atomic E-state index is -0.450. The van der Waals surface area contributed by atoms with Gasteiger partial charge in [0, 0.05) is 18.9 Å². The van der Waals surface area contributed by atoms with Gasteiger partial charge in [0.05, 0.1) is 18.8 Å². The number of rotatable bonds is 14. The van der Waals surface area contributed by atoms with Crippen molar-refractivity contribution in [3.05, 3.63) is 48.1 Å². The molecular weight excluding hydrogens is 452 g/mol. The summed E-state index contributed by atoms with van der Waals surface area (Å²) >= 11 is 0. The average molecular weight is 501 g/mol. The summed E-state index contributed by atoms with van der Waals surface area (Å²) in [5.41, 5.74) is 1.34. The van der Waals surface area contributed by atoms with E-state index in [4.69, 9.17) is 14.2 Å². The highest BCUT2D eigenvalue weighted by Gasteiger charge is 2.45. The van der Waals surface area contributed by atoms with Gasteiger partial charge in [0.25, 0.3) is 0 Å². The van der Waals surface area contributed by atoms with Gasteiger partial charge in [-0.2, -0.15) is 0 Å². The van der Waals surface area contributed by atoms with Gasteiger partial charge in [-0.15, -0.1) is 0 Å². The number of fused-ring (bicyclic) bond motifs is 1. The molecule has 2 unspecified atom stereocenters. The van der Waals surface area contributed by atoms with Crippen LogP contribution in [0.4, 0.5) is 0 Å². The minimum absolute atomic E-state index is 0.0988. The Kier molecular flexibility index (Phi) is 12.5. The van der Waals surface area contributed by atoms with E-state index in [1.165, 1.54) is 5.57 Å². The van der Waals surface area contributed by atoms with E-state index in [-0.39, 0.29) is 24.3 Å². The van der Waals surface area contributed by atoms with Gasteiger partial charge >= 0.3 is 5.97 Å². The van der Waals surface area contributed by atoms with E-state index in [0.717, 1.165) is 58.0 Å². The fourth-order valence-electron chi connectivity index (χ4n) is 5.76. The number of aliphatic hydroxyl groups is 1. The molecule has 0 spiro atoms. The van der Waals surface area contributed by atoms with Crippen LogP contribution in [-0.2, 0) is 19.0 Å². The molecule has 0 radical (unpaired) electrons. The first-order valence-corrected chi connectivity index (χ1v) is 14.3. The van der Waals surface area contributed by atoms with Gasteiger partial charge in [-0.3, -0.25) is 4.79 Å². The Morgan fingerprint density at radius 3 is 2.83 bits per heavy atom. The molecule has 0 aromatic rings. The monoisotopic (exact) mass is 500 g/mol. The summed E-state index contributed by atoms with van der Waals surface area (Å²) in [5.74, 6) is 1.44. The van der Waals surface area contributed by atoms with Gasteiger partial charge in [0.2, 0.25) is 0 Å². The molecule has 2 fully saturated rings. The quantitative estimate of drug-likeness (QED) is 0.213. The molecular formula is C31H48O5. The molecule has 0 amide bonds. The molecule has 5 heteroatoms. The van der Waals surface area contributed by atoms with Crippen molar-refractivity contribution < 1.29 is 24.1 Å². The van der Waals surface area contributed by atoms with Crippen LogP contribution >= 0.6 is 0 Å². The van der Waals surface area contributed by atoms with Gasteiger partial charge in [0.1, 0.15) is 0 Å². The zero-order valence-electron chi connectivity index (χ0n) is 22.6. The van der Waals surface area contributed by atoms with Crippen molar-refractivity contribution in [3.63, 3.8) is 0 Å². The van der Waals surface area contributed by atoms with E-state index in [1.54, 1.807) is 0 Å². The standard InChI is InChI=1S/C31H48O5/c1-4-6-7-12-23(3)19-26(32)16-17-27-28-21-24(13-8-9-14-30(33)34-5-2)20-25(28)22-29(27)36-31-15-10-11-18-35-31/h7-8,12-13,16-17,20,23,25-29,31-32H,4-6,9-11,14-15,18-19,21-22H2,1-3H3/b12-7+,13-8?,17-16-/t23-,25-,26?,27-,28-,29+,31?/m0/s1. The third kappa shape index (κ3) is 9.32. The number of carbonyl (C=O) groups excluding carboxylic acids is 1. The lowest BCUT2D eigenvalue weighted by Gasteiger charge is -2.29. The van der Waals surface area contributed by atoms with E-state index in [1.807, 2.05) is 13.0 Å². The molecule has 1 aliphatic heterocycles. The van der Waals surface area contributed by atoms with E-state index in [9.17, 15) is 9.90 Å². The van der Waals surface area contributed by atoms with Crippen LogP contribution in [-0.4, -0.2) is 42.8 Å². The van der Waals surface area contributed by atoms with E-state index in [2.05, 4.69) is 50.3 Å². The molecule has 36 heavy (non-hydrogen) atoms. The van der Waals surface area contributed by atoms with Gasteiger partial charge in [-0.1, -0.05) is 68.4 Å². The van der Waals surface area contributed by atoms with Crippen LogP contribution in [0, 0.1) is 23.7 Å². The number of hydrogen-bond acceptors (Lipinski definition) is 5. The Bertz CT molecular complexity index is 776. The van der Waals surface area contributed by atoms with Crippen LogP contribution in [0.5, 0.6) is 0 Å². The topological polar surface area (TPSA) is 65.0 Å². The zero-order chi connectivity index (χ0) is 25.8. The van der Waals surface area contributed by atoms with Crippen LogP contribution in [0.25, 0.3) is 0 Å². The van der Waals surface area contributed by atoms with Crippen LogP contribution in [0.2, 0.25) is 0 Å². The zero-order valence-corrected chi connectivity index (χ0v) is 22.6. The Morgan fingerprint density at radius 1 is 1.22 bits per heavy atom. The molecule has 3 aliphatic rings. The van der Waals surface area contributed by atoms with Crippen LogP contribution in [0.1, 0.15) is 85.0 Å². The molecule has 2 aliphatic carbocycles. The van der Waals surface area contributed by atoms with Gasteiger partial charge < -0.3 is 19.3 Å². The highest BCUT2D eigenvalue weighted by molar-refractivity contribution is 5.69. The summed E-state index contributed by atoms with van der Waals surface area (Å²) < 4.78 is 17.4. The summed E-state index contributed by atoms with van der Waals surface area (Å²) in [7, 11) is 0. The Labute approximate surface area is 218 Å². The van der Waals surface area contributed by atoms with Crippen LogP contribution in [0.3, 0.4) is 0 Å². The maximum absolute atomic E-state index is 11.6. The third-order valence-electron chi connectivity index (χ3n) is 7.58. The van der Waals surface area contributed by atoms with Crippen molar-refractivity contribution >= 4 is 5.97 Å². The van der Waals surface area contributed by atoms with Crippen molar-refractivity contribution in [1.29, 1.82) is 0 Å². The lowest BCUT2D eigenvalue weighted by Crippen LogP contribution is -2.30. The molecule has 1 heterocycles. The van der Waals surface area contributed by atoms with Crippen molar-refractivity contribution in [3.8, 4) is 0 Å². The number of esters is 1. The summed E-state index contributed by atoms with van der Waals surface area (Å²) in [6.45, 7) is 7.41. The average Bonchev–Trinajstić information content (AvgIpc) is 3.38. The molecule has 0 bridgehead atoms. The van der Waals surface area contributed by atoms with Crippen molar-refractivity contribution in [2.24, 2.45) is 23.7 Å². The SMILES string of the molecule is CCC/C=C/[C@H](C)CC(O)/C=C\[C@H]1[C@H]2CC(C=CCCC(=O)OCC)=C[C@H]2C[C@H]1OC1CCCCO1. The number of ether oxygens (including phenoxy) is 3. The second-order valence-electron chi connectivity index (χ2n) is 10.7. The van der Waals surface area contributed by atoms with E-state index < -0.39 is 6.10 Å². The van der Waals surface area contributed by atoms with Gasteiger partial charge in [-0.25, -0.2) is 0 Å². The number of aliphatic hydroxyl groups excluding tert-OH is 1. The number of hydrogen-bond donors (Lipinski definition) is 1. The van der Waals surface area contributed by atoms with Gasteiger partial charge in [-0.05, 0) is 76.0 Å². The fourth-order valence-corrected chi connectivity index (χ4v) is 5.76. The second-order valence-corrected chi connectivity index (χ2v) is 10.7. The molecule has 3 rings (SSSR count). The molecule has 7 atom stereocenters. The first kappa shape index (κ1) is 28.9. The maximum atomic E-state index is 11.6. The predicted octanol–water partition coefficient (Wildman–Crippen LogP) is 6.68. The normalized spacial score (nSPS) is 30.2. The summed E-state index contributed by atoms with van der Waals surface area (Å²) in [6, 6.07) is 0. The largest absolute Gasteiger partial charge is 0.466 e. The summed E-state index contributed by atoms with van der Waals surface area (Å²) in [4.78, 5) is 11.6. The fraction of sp³-hybridized carbons (Fsp3) is 0.710. The predicted molar refractivity (Wildman–Crippen MR) is 144 cm³/mol. The third-order valence-corrected chi connectivity index (χ3v) is 7.58. The Balaban J connectivity index is 1.59. The first-order valence-electron chi connectivity index (χ1n) is 14.3. The molecule has 5 nitrogen and oxygen atoms in total. The summed E-state index contributed by atoms with van der Waals surface area (Å²) in [6.07, 6.45) is 24.3. The molecule has 0 aromatic carbocycles. The molecule has 1 N–H and O–H groups in total. The number of unbranched alkanes of at least 4 members (excludes halogenated alkanes) is 1. The van der Waals surface area contributed by atoms with Crippen LogP contribution < -0.4 is 0 Å². The Hall–Kier alpha value is -1.69. The highest BCUT2D eigenvalue weighted by Crippen LogP contribution is 2.49. The number of allylic oxidation sites excluding steroid dienone is 6. The first-order chi connectivity index (χ1) is 17.5. The second kappa shape index (κ2) is 15.5. The van der Waals surface area contributed by atoms with Crippen LogP contribution in [0.15, 0.2) is 48.1 Å². The highest BCUT2D eigenvalue weighted by atomic mass is 16.7. The molecule has 202 valence electrons.